The molecule has 0 aliphatic carbocycles. The fourth-order valence-electron chi connectivity index (χ4n) is 2.56. The van der Waals surface area contributed by atoms with Gasteiger partial charge < -0.3 is 20.3 Å². The first-order chi connectivity index (χ1) is 11.8. The molecule has 0 fully saturated rings. The van der Waals surface area contributed by atoms with Crippen LogP contribution in [0.4, 0.5) is 0 Å². The number of nitrogens with one attached hydrogen (secondary N) is 2. The van der Waals surface area contributed by atoms with E-state index in [0.717, 1.165) is 38.3 Å². The molecule has 0 aliphatic heterocycles. The van der Waals surface area contributed by atoms with Crippen LogP contribution in [0.1, 0.15) is 72.5 Å². The summed E-state index contributed by atoms with van der Waals surface area (Å²) in [6.07, 6.45) is 2.80. The van der Waals surface area contributed by atoms with Crippen LogP contribution in [0.3, 0.4) is 0 Å². The van der Waals surface area contributed by atoms with E-state index in [4.69, 9.17) is 4.52 Å². The van der Waals surface area contributed by atoms with Crippen molar-refractivity contribution >= 4 is 29.9 Å². The first-order valence-corrected chi connectivity index (χ1v) is 9.26. The molecule has 0 aromatic carbocycles. The van der Waals surface area contributed by atoms with Crippen molar-refractivity contribution in [1.29, 1.82) is 0 Å². The summed E-state index contributed by atoms with van der Waals surface area (Å²) in [4.78, 5) is 8.97. The third kappa shape index (κ3) is 7.77. The predicted octanol–water partition coefficient (Wildman–Crippen LogP) is 3.23. The number of aliphatic hydroxyl groups is 1. The highest BCUT2D eigenvalue weighted by Crippen LogP contribution is 2.29. The summed E-state index contributed by atoms with van der Waals surface area (Å²) >= 11 is 0. The smallest absolute Gasteiger partial charge is 0.232 e. The van der Waals surface area contributed by atoms with E-state index >= 15 is 0 Å². The van der Waals surface area contributed by atoms with Crippen molar-refractivity contribution in [3.63, 3.8) is 0 Å². The zero-order chi connectivity index (χ0) is 18.9. The summed E-state index contributed by atoms with van der Waals surface area (Å²) in [5.74, 6) is 1.93. The largest absolute Gasteiger partial charge is 0.396 e. The first kappa shape index (κ1) is 25.1. The van der Waals surface area contributed by atoms with Crippen molar-refractivity contribution in [1.82, 2.24) is 20.8 Å². The Hall–Kier alpha value is -0.900. The van der Waals surface area contributed by atoms with E-state index in [9.17, 15) is 5.11 Å². The molecule has 1 aromatic rings. The highest BCUT2D eigenvalue weighted by atomic mass is 127. The van der Waals surface area contributed by atoms with Gasteiger partial charge in [-0.1, -0.05) is 39.8 Å². The monoisotopic (exact) mass is 481 g/mol. The second kappa shape index (κ2) is 11.7. The van der Waals surface area contributed by atoms with E-state index in [2.05, 4.69) is 39.6 Å². The van der Waals surface area contributed by atoms with E-state index in [0.29, 0.717) is 18.3 Å². The van der Waals surface area contributed by atoms with Gasteiger partial charge in [0.25, 0.3) is 0 Å². The van der Waals surface area contributed by atoms with Crippen molar-refractivity contribution in [2.24, 2.45) is 10.4 Å². The lowest BCUT2D eigenvalue weighted by Gasteiger charge is -2.32. The second-order valence-corrected chi connectivity index (χ2v) is 7.50. The van der Waals surface area contributed by atoms with Gasteiger partial charge in [-0.05, 0) is 31.6 Å². The Bertz CT molecular complexity index is 536. The van der Waals surface area contributed by atoms with E-state index in [1.165, 1.54) is 0 Å². The van der Waals surface area contributed by atoms with Gasteiger partial charge in [-0.15, -0.1) is 24.0 Å². The zero-order valence-corrected chi connectivity index (χ0v) is 19.4. The van der Waals surface area contributed by atoms with Gasteiger partial charge in [0.2, 0.25) is 5.89 Å². The topological polar surface area (TPSA) is 95.6 Å². The standard InChI is InChI=1S/C18H35N5O2.HI/c1-7-18(8-2,10-11-24)13-21-16(19-9-3)20-12-14-22-15(25-23-14)17(4,5)6;/h24H,7-13H2,1-6H3,(H2,19,20,21);1H. The van der Waals surface area contributed by atoms with Gasteiger partial charge in [0.15, 0.2) is 11.8 Å². The van der Waals surface area contributed by atoms with Crippen LogP contribution in [-0.2, 0) is 12.0 Å². The van der Waals surface area contributed by atoms with E-state index in [1.807, 2.05) is 27.7 Å². The fourth-order valence-corrected chi connectivity index (χ4v) is 2.56. The van der Waals surface area contributed by atoms with Crippen LogP contribution in [-0.4, -0.2) is 40.9 Å². The molecular weight excluding hydrogens is 445 g/mol. The fraction of sp³-hybridized carbons (Fsp3) is 0.833. The molecule has 1 aromatic heterocycles. The minimum atomic E-state index is -0.163. The molecule has 0 bridgehead atoms. The van der Waals surface area contributed by atoms with E-state index < -0.39 is 0 Å². The van der Waals surface area contributed by atoms with E-state index in [1.54, 1.807) is 0 Å². The Balaban J connectivity index is 0.00000625. The summed E-state index contributed by atoms with van der Waals surface area (Å²) in [6.45, 7) is 14.6. The van der Waals surface area contributed by atoms with Crippen LogP contribution < -0.4 is 10.6 Å². The second-order valence-electron chi connectivity index (χ2n) is 7.50. The van der Waals surface area contributed by atoms with Gasteiger partial charge in [-0.2, -0.15) is 4.98 Å². The molecule has 0 saturated carbocycles. The molecule has 1 heterocycles. The Labute approximate surface area is 174 Å². The van der Waals surface area contributed by atoms with Gasteiger partial charge >= 0.3 is 0 Å². The van der Waals surface area contributed by atoms with Crippen LogP contribution in [0.25, 0.3) is 0 Å². The number of nitrogens with zero attached hydrogens (tertiary/aromatic N) is 3. The molecule has 0 spiro atoms. The number of halogens is 1. The Morgan fingerprint density at radius 3 is 2.27 bits per heavy atom. The Morgan fingerprint density at radius 2 is 1.81 bits per heavy atom. The summed E-state index contributed by atoms with van der Waals surface area (Å²) < 4.78 is 5.30. The summed E-state index contributed by atoms with van der Waals surface area (Å²) in [6, 6.07) is 0. The first-order valence-electron chi connectivity index (χ1n) is 9.26. The SMILES string of the molecule is CCNC(=NCc1noc(C(C)(C)C)n1)NCC(CC)(CC)CCO.I. The third-order valence-corrected chi connectivity index (χ3v) is 4.61. The molecule has 0 atom stereocenters. The lowest BCUT2D eigenvalue weighted by atomic mass is 9.79. The average Bonchev–Trinajstić information content (AvgIpc) is 3.05. The lowest BCUT2D eigenvalue weighted by Crippen LogP contribution is -2.43. The molecule has 0 unspecified atom stereocenters. The summed E-state index contributed by atoms with van der Waals surface area (Å²) in [5, 5.41) is 20.0. The number of guanidine groups is 1. The zero-order valence-electron chi connectivity index (χ0n) is 17.1. The molecule has 7 nitrogen and oxygen atoms in total. The van der Waals surface area contributed by atoms with Crippen LogP contribution in [0, 0.1) is 5.41 Å². The molecule has 1 rings (SSSR count). The van der Waals surface area contributed by atoms with Crippen LogP contribution in [0.15, 0.2) is 9.52 Å². The number of hydrogen-bond donors (Lipinski definition) is 3. The van der Waals surface area contributed by atoms with Crippen LogP contribution >= 0.6 is 24.0 Å². The Morgan fingerprint density at radius 1 is 1.15 bits per heavy atom. The molecule has 26 heavy (non-hydrogen) atoms. The van der Waals surface area contributed by atoms with Crippen molar-refractivity contribution in [2.75, 3.05) is 19.7 Å². The number of aliphatic imine (C=N–C) groups is 1. The van der Waals surface area contributed by atoms with Gasteiger partial charge in [-0.3, -0.25) is 0 Å². The molecule has 8 heteroatoms. The predicted molar refractivity (Wildman–Crippen MR) is 116 cm³/mol. The van der Waals surface area contributed by atoms with Gasteiger partial charge in [-0.25, -0.2) is 4.99 Å². The van der Waals surface area contributed by atoms with Crippen molar-refractivity contribution in [3.05, 3.63) is 11.7 Å². The minimum absolute atomic E-state index is 0. The molecular formula is C18H36IN5O2. The normalized spacial score (nSPS) is 12.7. The highest BCUT2D eigenvalue weighted by Gasteiger charge is 2.26. The maximum atomic E-state index is 9.35. The van der Waals surface area contributed by atoms with Crippen molar-refractivity contribution < 1.29 is 9.63 Å². The van der Waals surface area contributed by atoms with Gasteiger partial charge in [0, 0.05) is 25.1 Å². The molecule has 152 valence electrons. The summed E-state index contributed by atoms with van der Waals surface area (Å²) in [5.41, 5.74) is -0.0830. The number of rotatable bonds is 9. The molecule has 0 amide bonds. The van der Waals surface area contributed by atoms with Gasteiger partial charge in [0.1, 0.15) is 6.54 Å². The number of hydrogen-bond acceptors (Lipinski definition) is 5. The number of aliphatic hydroxyl groups excluding tert-OH is 1. The van der Waals surface area contributed by atoms with Crippen LogP contribution in [0.2, 0.25) is 0 Å². The van der Waals surface area contributed by atoms with Crippen LogP contribution in [0.5, 0.6) is 0 Å². The quantitative estimate of drug-likeness (QED) is 0.285. The molecule has 3 N–H and O–H groups in total. The lowest BCUT2D eigenvalue weighted by molar-refractivity contribution is 0.169. The van der Waals surface area contributed by atoms with Crippen molar-refractivity contribution in [2.45, 2.75) is 72.8 Å². The van der Waals surface area contributed by atoms with Gasteiger partial charge in [0.05, 0.1) is 0 Å². The minimum Gasteiger partial charge on any atom is -0.396 e. The number of aromatic nitrogens is 2. The molecule has 0 saturated heterocycles. The van der Waals surface area contributed by atoms with E-state index in [-0.39, 0.29) is 41.4 Å². The molecule has 0 radical (unpaired) electrons. The molecule has 0 aliphatic rings. The highest BCUT2D eigenvalue weighted by molar-refractivity contribution is 14.0. The maximum Gasteiger partial charge on any atom is 0.232 e. The summed E-state index contributed by atoms with van der Waals surface area (Å²) in [7, 11) is 0. The van der Waals surface area contributed by atoms with Crippen molar-refractivity contribution in [3.8, 4) is 0 Å². The average molecular weight is 481 g/mol. The third-order valence-electron chi connectivity index (χ3n) is 4.61. The Kier molecular flexibility index (Phi) is 11.3. The maximum absolute atomic E-state index is 9.35.